The van der Waals surface area contributed by atoms with E-state index in [1.807, 2.05) is 7.05 Å². The van der Waals surface area contributed by atoms with Crippen molar-refractivity contribution in [1.82, 2.24) is 10.0 Å². The number of rotatable bonds is 7. The highest BCUT2D eigenvalue weighted by molar-refractivity contribution is 7.89. The fraction of sp³-hybridized carbons (Fsp3) is 0.571. The molecule has 1 fully saturated rings. The van der Waals surface area contributed by atoms with Gasteiger partial charge in [-0.05, 0) is 43.1 Å². The molecule has 0 heterocycles. The lowest BCUT2D eigenvalue weighted by Crippen LogP contribution is -2.28. The number of hydrogen-bond donors (Lipinski definition) is 2. The van der Waals surface area contributed by atoms with Crippen molar-refractivity contribution in [1.29, 1.82) is 0 Å². The van der Waals surface area contributed by atoms with E-state index in [2.05, 4.69) is 23.9 Å². The predicted octanol–water partition coefficient (Wildman–Crippen LogP) is 1.36. The van der Waals surface area contributed by atoms with Gasteiger partial charge in [-0.2, -0.15) is 0 Å². The minimum atomic E-state index is -3.43. The van der Waals surface area contributed by atoms with E-state index in [-0.39, 0.29) is 16.4 Å². The van der Waals surface area contributed by atoms with Crippen molar-refractivity contribution < 1.29 is 13.2 Å². The molecule has 1 aromatic rings. The van der Waals surface area contributed by atoms with Gasteiger partial charge in [-0.3, -0.25) is 0 Å². The van der Waals surface area contributed by atoms with Crippen LogP contribution in [0.2, 0.25) is 0 Å². The Morgan fingerprint density at radius 1 is 1.30 bits per heavy atom. The summed E-state index contributed by atoms with van der Waals surface area (Å²) in [6.45, 7) is 5.41. The minimum absolute atomic E-state index is 0.0408. The molecule has 1 aliphatic rings. The average molecular weight is 298 g/mol. The maximum absolute atomic E-state index is 12.2. The number of hydrogen-bond acceptors (Lipinski definition) is 4. The third-order valence-electron chi connectivity index (χ3n) is 3.57. The lowest BCUT2D eigenvalue weighted by molar-refractivity contribution is 0.318. The van der Waals surface area contributed by atoms with Gasteiger partial charge in [-0.25, -0.2) is 13.1 Å². The second-order valence-electron chi connectivity index (χ2n) is 5.79. The molecule has 1 unspecified atom stereocenters. The quantitative estimate of drug-likeness (QED) is 0.746. The second kappa shape index (κ2) is 5.71. The third kappa shape index (κ3) is 3.71. The van der Waals surface area contributed by atoms with Crippen LogP contribution in [0.15, 0.2) is 29.2 Å². The summed E-state index contributed by atoms with van der Waals surface area (Å²) in [6.07, 6.45) is 0.886. The van der Waals surface area contributed by atoms with Crippen molar-refractivity contribution in [3.05, 3.63) is 24.3 Å². The van der Waals surface area contributed by atoms with Crippen LogP contribution < -0.4 is 14.8 Å². The summed E-state index contributed by atoms with van der Waals surface area (Å²) < 4.78 is 32.6. The first-order chi connectivity index (χ1) is 9.35. The smallest absolute Gasteiger partial charge is 0.240 e. The fourth-order valence-electron chi connectivity index (χ4n) is 1.91. The number of benzene rings is 1. The van der Waals surface area contributed by atoms with Gasteiger partial charge in [-0.15, -0.1) is 0 Å². The highest BCUT2D eigenvalue weighted by Gasteiger charge is 2.47. The van der Waals surface area contributed by atoms with Crippen molar-refractivity contribution in [2.24, 2.45) is 5.41 Å². The molecule has 6 heteroatoms. The topological polar surface area (TPSA) is 67.4 Å². The van der Waals surface area contributed by atoms with Crippen molar-refractivity contribution in [2.45, 2.75) is 31.2 Å². The van der Waals surface area contributed by atoms with Crippen molar-refractivity contribution in [3.63, 3.8) is 0 Å². The monoisotopic (exact) mass is 298 g/mol. The van der Waals surface area contributed by atoms with E-state index in [4.69, 9.17) is 4.74 Å². The van der Waals surface area contributed by atoms with Gasteiger partial charge in [0.25, 0.3) is 0 Å². The Balaban J connectivity index is 1.98. The molecule has 20 heavy (non-hydrogen) atoms. The van der Waals surface area contributed by atoms with Crippen molar-refractivity contribution >= 4 is 10.0 Å². The van der Waals surface area contributed by atoms with E-state index in [9.17, 15) is 8.42 Å². The summed E-state index contributed by atoms with van der Waals surface area (Å²) in [5.41, 5.74) is 0.0727. The van der Waals surface area contributed by atoms with E-state index in [1.54, 1.807) is 24.3 Å². The summed E-state index contributed by atoms with van der Waals surface area (Å²) in [4.78, 5) is 0.279. The number of sulfonamides is 1. The number of ether oxygens (including phenoxy) is 1. The zero-order chi connectivity index (χ0) is 14.8. The van der Waals surface area contributed by atoms with Gasteiger partial charge in [0.15, 0.2) is 0 Å². The van der Waals surface area contributed by atoms with Gasteiger partial charge in [-0.1, -0.05) is 13.8 Å². The summed E-state index contributed by atoms with van der Waals surface area (Å²) in [5, 5.41) is 2.98. The molecule has 0 radical (unpaired) electrons. The van der Waals surface area contributed by atoms with Gasteiger partial charge in [0.1, 0.15) is 12.4 Å². The van der Waals surface area contributed by atoms with Crippen LogP contribution in [-0.2, 0) is 10.0 Å². The molecule has 0 amide bonds. The van der Waals surface area contributed by atoms with E-state index < -0.39 is 10.0 Å². The van der Waals surface area contributed by atoms with Gasteiger partial charge >= 0.3 is 0 Å². The van der Waals surface area contributed by atoms with E-state index in [0.29, 0.717) is 12.4 Å². The fourth-order valence-corrected chi connectivity index (χ4v) is 3.32. The molecule has 2 rings (SSSR count). The van der Waals surface area contributed by atoms with Crippen LogP contribution in [0.25, 0.3) is 0 Å². The van der Waals surface area contributed by atoms with E-state index in [1.165, 1.54) is 0 Å². The molecule has 2 N–H and O–H groups in total. The Labute approximate surface area is 120 Å². The number of likely N-dealkylation sites (N-methyl/N-ethyl adjacent to an activating group) is 1. The molecule has 0 spiro atoms. The first-order valence-corrected chi connectivity index (χ1v) is 8.23. The lowest BCUT2D eigenvalue weighted by atomic mass is 10.2. The molecule has 1 aliphatic carbocycles. The molecule has 0 bridgehead atoms. The largest absolute Gasteiger partial charge is 0.492 e. The molecule has 0 aromatic heterocycles. The van der Waals surface area contributed by atoms with Crippen LogP contribution >= 0.6 is 0 Å². The van der Waals surface area contributed by atoms with Crippen LogP contribution in [0, 0.1) is 5.41 Å². The Bertz CT molecular complexity index is 552. The van der Waals surface area contributed by atoms with Gasteiger partial charge < -0.3 is 10.1 Å². The van der Waals surface area contributed by atoms with Crippen LogP contribution in [0.4, 0.5) is 0 Å². The van der Waals surface area contributed by atoms with Crippen LogP contribution in [0.1, 0.15) is 20.3 Å². The molecule has 0 saturated heterocycles. The van der Waals surface area contributed by atoms with Gasteiger partial charge in [0, 0.05) is 12.6 Å². The van der Waals surface area contributed by atoms with Crippen molar-refractivity contribution in [2.75, 3.05) is 20.2 Å². The standard InChI is InChI=1S/C14H22N2O3S/c1-14(2)10-13(14)16-20(17,18)12-6-4-11(5-7-12)19-9-8-15-3/h4-7,13,15-16H,8-10H2,1-3H3. The second-order valence-corrected chi connectivity index (χ2v) is 7.50. The Morgan fingerprint density at radius 2 is 1.90 bits per heavy atom. The molecule has 1 saturated carbocycles. The van der Waals surface area contributed by atoms with Gasteiger partial charge in [0.05, 0.1) is 4.90 Å². The molecule has 1 atom stereocenters. The zero-order valence-corrected chi connectivity index (χ0v) is 13.0. The number of nitrogens with one attached hydrogen (secondary N) is 2. The molecule has 5 nitrogen and oxygen atoms in total. The molecular weight excluding hydrogens is 276 g/mol. The Kier molecular flexibility index (Phi) is 4.36. The molecule has 0 aliphatic heterocycles. The Morgan fingerprint density at radius 3 is 2.40 bits per heavy atom. The molecular formula is C14H22N2O3S. The minimum Gasteiger partial charge on any atom is -0.492 e. The highest BCUT2D eigenvalue weighted by Crippen LogP contribution is 2.45. The zero-order valence-electron chi connectivity index (χ0n) is 12.1. The molecule has 112 valence electrons. The maximum Gasteiger partial charge on any atom is 0.240 e. The summed E-state index contributed by atoms with van der Waals surface area (Å²) in [6, 6.07) is 6.56. The molecule has 1 aromatic carbocycles. The Hall–Kier alpha value is -1.11. The first-order valence-electron chi connectivity index (χ1n) is 6.75. The summed E-state index contributed by atoms with van der Waals surface area (Å²) in [5.74, 6) is 0.672. The lowest BCUT2D eigenvalue weighted by Gasteiger charge is -2.09. The van der Waals surface area contributed by atoms with E-state index in [0.717, 1.165) is 13.0 Å². The normalized spacial score (nSPS) is 20.6. The van der Waals surface area contributed by atoms with Crippen LogP contribution in [-0.4, -0.2) is 34.7 Å². The maximum atomic E-state index is 12.2. The summed E-state index contributed by atoms with van der Waals surface area (Å²) >= 11 is 0. The SMILES string of the molecule is CNCCOc1ccc(S(=O)(=O)NC2CC2(C)C)cc1. The van der Waals surface area contributed by atoms with Crippen molar-refractivity contribution in [3.8, 4) is 5.75 Å². The van der Waals surface area contributed by atoms with Crippen LogP contribution in [0.3, 0.4) is 0 Å². The third-order valence-corrected chi connectivity index (χ3v) is 5.05. The van der Waals surface area contributed by atoms with E-state index >= 15 is 0 Å². The average Bonchev–Trinajstić information content (AvgIpc) is 2.96. The highest BCUT2D eigenvalue weighted by atomic mass is 32.2. The van der Waals surface area contributed by atoms with Crippen LogP contribution in [0.5, 0.6) is 5.75 Å². The van der Waals surface area contributed by atoms with Gasteiger partial charge in [0.2, 0.25) is 10.0 Å². The predicted molar refractivity (Wildman–Crippen MR) is 78.4 cm³/mol. The first kappa shape index (κ1) is 15.3. The summed E-state index contributed by atoms with van der Waals surface area (Å²) in [7, 11) is -1.58.